The van der Waals surface area contributed by atoms with Gasteiger partial charge in [0, 0.05) is 38.1 Å². The molecule has 0 aliphatic carbocycles. The molecule has 1 aliphatic heterocycles. The summed E-state index contributed by atoms with van der Waals surface area (Å²) in [5.74, 6) is -0.274. The number of nitrogens with one attached hydrogen (secondary N) is 2. The predicted octanol–water partition coefficient (Wildman–Crippen LogP) is 1.55. The van der Waals surface area contributed by atoms with E-state index in [1.54, 1.807) is 29.4 Å². The standard InChI is InChI=1S/C18H21N5O2/c24-17(21-15-5-4-8-19-13-15)14-20-18(25)23-11-9-22(10-12-23)16-6-2-1-3-7-16/h1-8,13H,9-12,14H2,(H,20,25)(H,21,24). The smallest absolute Gasteiger partial charge is 0.317 e. The highest BCUT2D eigenvalue weighted by molar-refractivity contribution is 5.94. The molecule has 0 radical (unpaired) electrons. The fraction of sp³-hybridized carbons (Fsp3) is 0.278. The Kier molecular flexibility index (Phi) is 5.46. The number of anilines is 2. The van der Waals surface area contributed by atoms with Crippen molar-refractivity contribution in [2.45, 2.75) is 0 Å². The van der Waals surface area contributed by atoms with Gasteiger partial charge in [0.15, 0.2) is 0 Å². The Labute approximate surface area is 146 Å². The molecule has 0 unspecified atom stereocenters. The second-order valence-electron chi connectivity index (χ2n) is 5.76. The van der Waals surface area contributed by atoms with Gasteiger partial charge in [-0.2, -0.15) is 0 Å². The maximum atomic E-state index is 12.2. The fourth-order valence-electron chi connectivity index (χ4n) is 2.72. The van der Waals surface area contributed by atoms with E-state index in [-0.39, 0.29) is 18.5 Å². The lowest BCUT2D eigenvalue weighted by atomic mass is 10.2. The van der Waals surface area contributed by atoms with E-state index in [2.05, 4.69) is 32.7 Å². The normalized spacial score (nSPS) is 14.1. The van der Waals surface area contributed by atoms with Crippen LogP contribution in [0.5, 0.6) is 0 Å². The lowest BCUT2D eigenvalue weighted by molar-refractivity contribution is -0.115. The average molecular weight is 339 g/mol. The van der Waals surface area contributed by atoms with Gasteiger partial charge in [-0.3, -0.25) is 9.78 Å². The molecule has 1 fully saturated rings. The maximum absolute atomic E-state index is 12.2. The van der Waals surface area contributed by atoms with Gasteiger partial charge in [0.05, 0.1) is 18.4 Å². The summed E-state index contributed by atoms with van der Waals surface area (Å²) in [5, 5.41) is 5.35. The van der Waals surface area contributed by atoms with Crippen molar-refractivity contribution in [3.63, 3.8) is 0 Å². The van der Waals surface area contributed by atoms with Gasteiger partial charge in [0.2, 0.25) is 5.91 Å². The number of amides is 3. The molecule has 1 aromatic heterocycles. The van der Waals surface area contributed by atoms with Crippen LogP contribution in [0, 0.1) is 0 Å². The lowest BCUT2D eigenvalue weighted by Gasteiger charge is -2.36. The van der Waals surface area contributed by atoms with Gasteiger partial charge in [0.25, 0.3) is 0 Å². The van der Waals surface area contributed by atoms with Crippen molar-refractivity contribution in [2.75, 3.05) is 42.9 Å². The molecular weight excluding hydrogens is 318 g/mol. The second-order valence-corrected chi connectivity index (χ2v) is 5.76. The van der Waals surface area contributed by atoms with Crippen molar-refractivity contribution in [2.24, 2.45) is 0 Å². The van der Waals surface area contributed by atoms with Crippen LogP contribution < -0.4 is 15.5 Å². The summed E-state index contributed by atoms with van der Waals surface area (Å²) in [6.07, 6.45) is 3.19. The number of benzene rings is 1. The van der Waals surface area contributed by atoms with Gasteiger partial charge in [-0.1, -0.05) is 18.2 Å². The number of urea groups is 1. The van der Waals surface area contributed by atoms with Gasteiger partial charge in [0.1, 0.15) is 0 Å². The lowest BCUT2D eigenvalue weighted by Crippen LogP contribution is -2.52. The monoisotopic (exact) mass is 339 g/mol. The van der Waals surface area contributed by atoms with E-state index in [9.17, 15) is 9.59 Å². The molecule has 0 saturated carbocycles. The Bertz CT molecular complexity index is 700. The Morgan fingerprint density at radius 1 is 1.00 bits per heavy atom. The first kappa shape index (κ1) is 16.8. The Morgan fingerprint density at radius 3 is 2.44 bits per heavy atom. The molecule has 1 aromatic carbocycles. The first-order valence-corrected chi connectivity index (χ1v) is 8.25. The van der Waals surface area contributed by atoms with Gasteiger partial charge >= 0.3 is 6.03 Å². The van der Waals surface area contributed by atoms with E-state index >= 15 is 0 Å². The number of rotatable bonds is 4. The summed E-state index contributed by atoms with van der Waals surface area (Å²) in [4.78, 5) is 32.0. The van der Waals surface area contributed by atoms with Crippen molar-refractivity contribution in [1.29, 1.82) is 0 Å². The molecule has 7 nitrogen and oxygen atoms in total. The number of carbonyl (C=O) groups is 2. The number of pyridine rings is 1. The van der Waals surface area contributed by atoms with Crippen molar-refractivity contribution in [3.8, 4) is 0 Å². The SMILES string of the molecule is O=C(CNC(=O)N1CCN(c2ccccc2)CC1)Nc1cccnc1. The predicted molar refractivity (Wildman–Crippen MR) is 96.5 cm³/mol. The molecule has 2 heterocycles. The van der Waals surface area contributed by atoms with Crippen molar-refractivity contribution >= 4 is 23.3 Å². The van der Waals surface area contributed by atoms with Gasteiger partial charge < -0.3 is 20.4 Å². The third kappa shape index (κ3) is 4.69. The third-order valence-corrected chi connectivity index (χ3v) is 4.03. The Hall–Kier alpha value is -3.09. The zero-order valence-electron chi connectivity index (χ0n) is 13.9. The van der Waals surface area contributed by atoms with Crippen LogP contribution in [0.15, 0.2) is 54.9 Å². The van der Waals surface area contributed by atoms with E-state index in [0.717, 1.165) is 13.1 Å². The van der Waals surface area contributed by atoms with Crippen LogP contribution in [0.25, 0.3) is 0 Å². The number of aromatic nitrogens is 1. The summed E-state index contributed by atoms with van der Waals surface area (Å²) in [5.41, 5.74) is 1.77. The number of hydrogen-bond acceptors (Lipinski definition) is 4. The molecule has 3 rings (SSSR count). The number of piperazine rings is 1. The van der Waals surface area contributed by atoms with Gasteiger partial charge in [-0.05, 0) is 24.3 Å². The highest BCUT2D eigenvalue weighted by atomic mass is 16.2. The van der Waals surface area contributed by atoms with Crippen LogP contribution in [0.3, 0.4) is 0 Å². The van der Waals surface area contributed by atoms with Crippen molar-refractivity contribution < 1.29 is 9.59 Å². The number of nitrogens with zero attached hydrogens (tertiary/aromatic N) is 3. The number of para-hydroxylation sites is 1. The molecule has 1 aliphatic rings. The second kappa shape index (κ2) is 8.14. The minimum absolute atomic E-state index is 0.0629. The molecule has 7 heteroatoms. The van der Waals surface area contributed by atoms with Crippen LogP contribution in [-0.4, -0.2) is 54.5 Å². The molecule has 25 heavy (non-hydrogen) atoms. The summed E-state index contributed by atoms with van der Waals surface area (Å²) in [6.45, 7) is 2.75. The summed E-state index contributed by atoms with van der Waals surface area (Å²) in [6, 6.07) is 13.4. The molecule has 0 spiro atoms. The molecule has 2 aromatic rings. The largest absolute Gasteiger partial charge is 0.368 e. The molecule has 3 amide bonds. The zero-order valence-corrected chi connectivity index (χ0v) is 13.9. The Morgan fingerprint density at radius 2 is 1.76 bits per heavy atom. The molecule has 0 atom stereocenters. The van der Waals surface area contributed by atoms with Gasteiger partial charge in [-0.25, -0.2) is 4.79 Å². The fourth-order valence-corrected chi connectivity index (χ4v) is 2.72. The summed E-state index contributed by atoms with van der Waals surface area (Å²) < 4.78 is 0. The molecule has 130 valence electrons. The first-order chi connectivity index (χ1) is 12.2. The van der Waals surface area contributed by atoms with Crippen LogP contribution in [0.1, 0.15) is 0 Å². The minimum atomic E-state index is -0.274. The summed E-state index contributed by atoms with van der Waals surface area (Å²) >= 11 is 0. The Balaban J connectivity index is 1.41. The van der Waals surface area contributed by atoms with Crippen LogP contribution in [0.4, 0.5) is 16.2 Å². The van der Waals surface area contributed by atoms with Crippen LogP contribution >= 0.6 is 0 Å². The third-order valence-electron chi connectivity index (χ3n) is 4.03. The maximum Gasteiger partial charge on any atom is 0.317 e. The highest BCUT2D eigenvalue weighted by Crippen LogP contribution is 2.15. The van der Waals surface area contributed by atoms with E-state index in [0.29, 0.717) is 18.8 Å². The van der Waals surface area contributed by atoms with Crippen LogP contribution in [0.2, 0.25) is 0 Å². The topological polar surface area (TPSA) is 77.6 Å². The average Bonchev–Trinajstić information content (AvgIpc) is 2.68. The van der Waals surface area contributed by atoms with E-state index in [1.807, 2.05) is 18.2 Å². The zero-order chi connectivity index (χ0) is 17.5. The van der Waals surface area contributed by atoms with E-state index < -0.39 is 0 Å². The molecule has 0 bridgehead atoms. The molecule has 1 saturated heterocycles. The first-order valence-electron chi connectivity index (χ1n) is 8.25. The number of carbonyl (C=O) groups excluding carboxylic acids is 2. The molecule has 2 N–H and O–H groups in total. The minimum Gasteiger partial charge on any atom is -0.368 e. The van der Waals surface area contributed by atoms with Gasteiger partial charge in [-0.15, -0.1) is 0 Å². The van der Waals surface area contributed by atoms with E-state index in [1.165, 1.54) is 5.69 Å². The van der Waals surface area contributed by atoms with Crippen molar-refractivity contribution in [3.05, 3.63) is 54.9 Å². The molecular formula is C18H21N5O2. The van der Waals surface area contributed by atoms with Crippen LogP contribution in [-0.2, 0) is 4.79 Å². The summed E-state index contributed by atoms with van der Waals surface area (Å²) in [7, 11) is 0. The quantitative estimate of drug-likeness (QED) is 0.886. The van der Waals surface area contributed by atoms with Crippen molar-refractivity contribution in [1.82, 2.24) is 15.2 Å². The van der Waals surface area contributed by atoms with E-state index in [4.69, 9.17) is 0 Å². The highest BCUT2D eigenvalue weighted by Gasteiger charge is 2.21. The number of hydrogen-bond donors (Lipinski definition) is 2.